The Morgan fingerprint density at radius 1 is 0.731 bits per heavy atom. The van der Waals surface area contributed by atoms with Crippen LogP contribution in [0.25, 0.3) is 21.8 Å². The second kappa shape index (κ2) is 16.0. The van der Waals surface area contributed by atoms with Gasteiger partial charge in [0.1, 0.15) is 5.82 Å². The Balaban J connectivity index is 0.000000164. The van der Waals surface area contributed by atoms with Crippen LogP contribution in [-0.2, 0) is 0 Å². The maximum absolute atomic E-state index is 14.0. The quantitative estimate of drug-likeness (QED) is 0.137. The fraction of sp³-hybridized carbons (Fsp3) is 0.318. The van der Waals surface area contributed by atoms with Gasteiger partial charge in [-0.2, -0.15) is 0 Å². The lowest BCUT2D eigenvalue weighted by molar-refractivity contribution is 0.102. The molecule has 6 nitrogen and oxygen atoms in total. The number of ketones is 2. The van der Waals surface area contributed by atoms with Gasteiger partial charge >= 0.3 is 0 Å². The largest absolute Gasteiger partial charge is 0.361 e. The summed E-state index contributed by atoms with van der Waals surface area (Å²) in [5, 5.41) is 6.14. The number of H-pyrrole nitrogens is 2. The van der Waals surface area contributed by atoms with Gasteiger partial charge in [0, 0.05) is 57.4 Å². The van der Waals surface area contributed by atoms with E-state index in [0.29, 0.717) is 39.5 Å². The van der Waals surface area contributed by atoms with Gasteiger partial charge in [0.15, 0.2) is 11.6 Å². The molecule has 0 spiro atoms. The van der Waals surface area contributed by atoms with Gasteiger partial charge in [0.2, 0.25) is 0 Å². The summed E-state index contributed by atoms with van der Waals surface area (Å²) >= 11 is 6.19. The number of fused-ring (bicyclic) bond motifs is 2. The molecule has 8 rings (SSSR count). The number of hydrogen-bond donors (Lipinski definition) is 3. The van der Waals surface area contributed by atoms with Gasteiger partial charge < -0.3 is 20.2 Å². The zero-order valence-corrected chi connectivity index (χ0v) is 30.6. The van der Waals surface area contributed by atoms with E-state index in [-0.39, 0.29) is 17.1 Å². The van der Waals surface area contributed by atoms with Crippen LogP contribution in [0, 0.1) is 11.7 Å². The number of nitrogens with zero attached hydrogens (tertiary/aromatic N) is 1. The first-order valence-electron chi connectivity index (χ1n) is 18.5. The zero-order valence-electron chi connectivity index (χ0n) is 29.9. The molecule has 3 N–H and O–H groups in total. The number of hydrogen-bond acceptors (Lipinski definition) is 4. The van der Waals surface area contributed by atoms with Gasteiger partial charge in [-0.3, -0.25) is 9.59 Å². The van der Waals surface area contributed by atoms with Crippen molar-refractivity contribution in [2.24, 2.45) is 5.92 Å². The highest BCUT2D eigenvalue weighted by atomic mass is 35.5. The molecule has 4 aromatic carbocycles. The first-order chi connectivity index (χ1) is 25.3. The van der Waals surface area contributed by atoms with Gasteiger partial charge in [0.25, 0.3) is 0 Å². The molecule has 0 amide bonds. The van der Waals surface area contributed by atoms with Crippen LogP contribution in [-0.4, -0.2) is 59.2 Å². The molecule has 268 valence electrons. The lowest BCUT2D eigenvalue weighted by Crippen LogP contribution is -2.35. The highest BCUT2D eigenvalue weighted by molar-refractivity contribution is 6.35. The van der Waals surface area contributed by atoms with Crippen molar-refractivity contribution in [1.29, 1.82) is 0 Å². The van der Waals surface area contributed by atoms with Crippen LogP contribution in [0.15, 0.2) is 97.3 Å². The maximum Gasteiger partial charge on any atom is 0.195 e. The predicted molar refractivity (Wildman–Crippen MR) is 209 cm³/mol. The average molecular weight is 717 g/mol. The number of carbonyl (C=O) groups excluding carboxylic acids is 2. The number of aromatic nitrogens is 2. The lowest BCUT2D eigenvalue weighted by Gasteiger charge is -2.33. The highest BCUT2D eigenvalue weighted by Crippen LogP contribution is 2.35. The Morgan fingerprint density at radius 2 is 1.25 bits per heavy atom. The molecule has 2 aromatic heterocycles. The number of rotatable bonds is 8. The topological polar surface area (TPSA) is 81.0 Å². The SMILES string of the molecule is CC(C)CN1CCC(c2c[nH]c3ccc(C(=O)c4ccccc4F)cc23)CC1.O=C(c1ccc2[nH]cc(C3CCNCC3)c2c1)c1ccccc1Cl. The van der Waals surface area contributed by atoms with Crippen LogP contribution < -0.4 is 5.32 Å². The molecule has 0 atom stereocenters. The Labute approximate surface area is 309 Å². The van der Waals surface area contributed by atoms with Crippen molar-refractivity contribution in [3.8, 4) is 0 Å². The van der Waals surface area contributed by atoms with Crippen molar-refractivity contribution >= 4 is 45.0 Å². The van der Waals surface area contributed by atoms with E-state index in [1.54, 1.807) is 36.4 Å². The summed E-state index contributed by atoms with van der Waals surface area (Å²) in [6, 6.07) is 24.9. The van der Waals surface area contributed by atoms with E-state index >= 15 is 0 Å². The monoisotopic (exact) mass is 716 g/mol. The molecule has 0 radical (unpaired) electrons. The number of halogens is 2. The van der Waals surface area contributed by atoms with E-state index in [4.69, 9.17) is 11.6 Å². The van der Waals surface area contributed by atoms with E-state index in [1.165, 1.54) is 17.2 Å². The number of nitrogens with one attached hydrogen (secondary N) is 3. The van der Waals surface area contributed by atoms with Gasteiger partial charge in [-0.15, -0.1) is 0 Å². The van der Waals surface area contributed by atoms with Crippen molar-refractivity contribution in [2.45, 2.75) is 51.4 Å². The number of carbonyl (C=O) groups is 2. The summed E-state index contributed by atoms with van der Waals surface area (Å²) in [6.07, 6.45) is 8.72. The van der Waals surface area contributed by atoms with Crippen molar-refractivity contribution in [1.82, 2.24) is 20.2 Å². The smallest absolute Gasteiger partial charge is 0.195 e. The Bertz CT molecular complexity index is 2190. The summed E-state index contributed by atoms with van der Waals surface area (Å²) in [5.74, 6) is 0.969. The first kappa shape index (κ1) is 35.8. The fourth-order valence-corrected chi connectivity index (χ4v) is 8.14. The third kappa shape index (κ3) is 7.77. The van der Waals surface area contributed by atoms with Crippen molar-refractivity contribution < 1.29 is 14.0 Å². The summed E-state index contributed by atoms with van der Waals surface area (Å²) in [7, 11) is 0. The molecule has 2 aliphatic heterocycles. The van der Waals surface area contributed by atoms with Crippen LogP contribution in [0.3, 0.4) is 0 Å². The van der Waals surface area contributed by atoms with Gasteiger partial charge in [-0.1, -0.05) is 49.7 Å². The van der Waals surface area contributed by atoms with E-state index in [1.807, 2.05) is 42.5 Å². The van der Waals surface area contributed by atoms with E-state index in [9.17, 15) is 14.0 Å². The predicted octanol–water partition coefficient (Wildman–Crippen LogP) is 9.89. The lowest BCUT2D eigenvalue weighted by atomic mass is 9.88. The van der Waals surface area contributed by atoms with Crippen LogP contribution in [0.4, 0.5) is 4.39 Å². The standard InChI is InChI=1S/C24H27FN2O.C20H19ClN2O/c1-16(2)15-27-11-9-17(10-12-27)21-14-26-23-8-7-18(13-20(21)23)24(28)19-5-3-4-6-22(19)25;21-18-4-2-1-3-15(18)20(24)14-5-6-19-16(11-14)17(12-23-19)13-7-9-22-10-8-13/h3-8,13-14,16-17,26H,9-12,15H2,1-2H3;1-6,11-13,22-23H,7-10H2. The average Bonchev–Trinajstić information content (AvgIpc) is 3.79. The molecule has 2 fully saturated rings. The molecule has 6 aromatic rings. The number of benzene rings is 4. The van der Waals surface area contributed by atoms with Crippen LogP contribution >= 0.6 is 11.6 Å². The number of likely N-dealkylation sites (tertiary alicyclic amines) is 1. The number of aromatic amines is 2. The molecule has 0 unspecified atom stereocenters. The molecule has 0 bridgehead atoms. The minimum absolute atomic E-state index is 0.0278. The molecule has 0 saturated carbocycles. The minimum Gasteiger partial charge on any atom is -0.361 e. The van der Waals surface area contributed by atoms with Crippen molar-refractivity contribution in [2.75, 3.05) is 32.7 Å². The fourth-order valence-electron chi connectivity index (χ4n) is 7.92. The molecular formula is C44H46ClFN4O2. The molecular weight excluding hydrogens is 671 g/mol. The van der Waals surface area contributed by atoms with Crippen molar-refractivity contribution in [3.63, 3.8) is 0 Å². The van der Waals surface area contributed by atoms with Gasteiger partial charge in [-0.05, 0) is 141 Å². The van der Waals surface area contributed by atoms with E-state index < -0.39 is 5.82 Å². The van der Waals surface area contributed by atoms with Crippen molar-refractivity contribution in [3.05, 3.63) is 142 Å². The van der Waals surface area contributed by atoms with E-state index in [0.717, 1.165) is 80.2 Å². The summed E-state index contributed by atoms with van der Waals surface area (Å²) in [6.45, 7) is 10.0. The Hall–Kier alpha value is -4.56. The minimum atomic E-state index is -0.473. The molecule has 4 heterocycles. The summed E-state index contributed by atoms with van der Waals surface area (Å²) in [4.78, 5) is 34.9. The van der Waals surface area contributed by atoms with E-state index in [2.05, 4.69) is 46.4 Å². The molecule has 2 saturated heterocycles. The maximum atomic E-state index is 14.0. The van der Waals surface area contributed by atoms with Gasteiger partial charge in [-0.25, -0.2) is 4.39 Å². The normalized spacial score (nSPS) is 15.9. The summed E-state index contributed by atoms with van der Waals surface area (Å²) < 4.78 is 14.0. The molecule has 0 aliphatic carbocycles. The third-order valence-corrected chi connectivity index (χ3v) is 10.9. The second-order valence-electron chi connectivity index (χ2n) is 14.6. The molecule has 52 heavy (non-hydrogen) atoms. The first-order valence-corrected chi connectivity index (χ1v) is 18.9. The zero-order chi connectivity index (χ0) is 36.2. The Kier molecular flexibility index (Phi) is 11.0. The Morgan fingerprint density at radius 3 is 1.81 bits per heavy atom. The third-order valence-electron chi connectivity index (χ3n) is 10.6. The second-order valence-corrected chi connectivity index (χ2v) is 15.0. The number of piperidine rings is 2. The van der Waals surface area contributed by atoms with Crippen LogP contribution in [0.1, 0.15) is 94.3 Å². The van der Waals surface area contributed by atoms with Crippen LogP contribution in [0.2, 0.25) is 5.02 Å². The highest BCUT2D eigenvalue weighted by Gasteiger charge is 2.24. The molecule has 8 heteroatoms. The summed E-state index contributed by atoms with van der Waals surface area (Å²) in [5.41, 5.74) is 6.62. The van der Waals surface area contributed by atoms with Crippen LogP contribution in [0.5, 0.6) is 0 Å². The molecule has 2 aliphatic rings. The van der Waals surface area contributed by atoms with Gasteiger partial charge in [0.05, 0.1) is 10.6 Å².